The summed E-state index contributed by atoms with van der Waals surface area (Å²) in [6.07, 6.45) is 5.75. The molecule has 2 aliphatic rings. The summed E-state index contributed by atoms with van der Waals surface area (Å²) in [6, 6.07) is 8.59. The van der Waals surface area contributed by atoms with E-state index in [0.29, 0.717) is 6.42 Å². The molecule has 1 aromatic rings. The Morgan fingerprint density at radius 3 is 2.90 bits per heavy atom. The fourth-order valence-corrected chi connectivity index (χ4v) is 3.33. The van der Waals surface area contributed by atoms with Crippen LogP contribution < -0.4 is 16.0 Å². The second kappa shape index (κ2) is 6.06. The minimum atomic E-state index is -0.210. The highest BCUT2D eigenvalue weighted by Gasteiger charge is 2.34. The first-order chi connectivity index (χ1) is 10.2. The zero-order chi connectivity index (χ0) is 14.7. The SMILES string of the molecule is NC1(CC(=O)NCCCN2CCc3ccccc32)CCC1. The van der Waals surface area contributed by atoms with Crippen molar-refractivity contribution in [1.29, 1.82) is 0 Å². The lowest BCUT2D eigenvalue weighted by Gasteiger charge is -2.37. The van der Waals surface area contributed by atoms with E-state index in [4.69, 9.17) is 5.73 Å². The molecule has 3 N–H and O–H groups in total. The number of para-hydroxylation sites is 1. The molecule has 4 heteroatoms. The number of rotatable bonds is 6. The van der Waals surface area contributed by atoms with Gasteiger partial charge in [0.2, 0.25) is 5.91 Å². The third-order valence-electron chi connectivity index (χ3n) is 4.77. The number of nitrogens with two attached hydrogens (primary N) is 1. The molecule has 0 bridgehead atoms. The van der Waals surface area contributed by atoms with Crippen molar-refractivity contribution >= 4 is 11.6 Å². The number of amides is 1. The van der Waals surface area contributed by atoms with Crippen molar-refractivity contribution in [2.45, 2.75) is 44.1 Å². The number of anilines is 1. The smallest absolute Gasteiger partial charge is 0.221 e. The van der Waals surface area contributed by atoms with E-state index in [-0.39, 0.29) is 11.4 Å². The largest absolute Gasteiger partial charge is 0.371 e. The Morgan fingerprint density at radius 1 is 1.33 bits per heavy atom. The Balaban J connectivity index is 1.36. The average Bonchev–Trinajstić information content (AvgIpc) is 2.85. The van der Waals surface area contributed by atoms with Crippen LogP contribution in [-0.4, -0.2) is 31.1 Å². The topological polar surface area (TPSA) is 58.4 Å². The molecule has 0 unspecified atom stereocenters. The van der Waals surface area contributed by atoms with Crippen LogP contribution in [0.4, 0.5) is 5.69 Å². The van der Waals surface area contributed by atoms with Crippen LogP contribution in [0.3, 0.4) is 0 Å². The highest BCUT2D eigenvalue weighted by Crippen LogP contribution is 2.32. The van der Waals surface area contributed by atoms with E-state index >= 15 is 0 Å². The molecule has 4 nitrogen and oxygen atoms in total. The molecule has 1 fully saturated rings. The number of nitrogens with one attached hydrogen (secondary N) is 1. The molecule has 0 atom stereocenters. The molecule has 0 radical (unpaired) electrons. The molecule has 0 aromatic heterocycles. The first kappa shape index (κ1) is 14.4. The fourth-order valence-electron chi connectivity index (χ4n) is 3.33. The van der Waals surface area contributed by atoms with Crippen molar-refractivity contribution in [1.82, 2.24) is 5.32 Å². The third kappa shape index (κ3) is 3.38. The normalized spacial score (nSPS) is 19.0. The minimum Gasteiger partial charge on any atom is -0.371 e. The maximum Gasteiger partial charge on any atom is 0.221 e. The standard InChI is InChI=1S/C17H25N3O/c18-17(8-3-9-17)13-16(21)19-10-4-11-20-12-7-14-5-1-2-6-15(14)20/h1-2,5-6H,3-4,7-13,18H2,(H,19,21). The number of hydrogen-bond donors (Lipinski definition) is 2. The van der Waals surface area contributed by atoms with E-state index in [0.717, 1.165) is 51.7 Å². The predicted molar refractivity (Wildman–Crippen MR) is 85.4 cm³/mol. The van der Waals surface area contributed by atoms with E-state index in [2.05, 4.69) is 34.5 Å². The summed E-state index contributed by atoms with van der Waals surface area (Å²) in [5, 5.41) is 3.01. The Morgan fingerprint density at radius 2 is 2.14 bits per heavy atom. The zero-order valence-corrected chi connectivity index (χ0v) is 12.6. The summed E-state index contributed by atoms with van der Waals surface area (Å²) < 4.78 is 0. The van der Waals surface area contributed by atoms with E-state index < -0.39 is 0 Å². The van der Waals surface area contributed by atoms with Gasteiger partial charge in [0, 0.05) is 37.3 Å². The van der Waals surface area contributed by atoms with Crippen molar-refractivity contribution < 1.29 is 4.79 Å². The first-order valence-corrected chi connectivity index (χ1v) is 8.05. The van der Waals surface area contributed by atoms with Crippen molar-refractivity contribution in [3.63, 3.8) is 0 Å². The summed E-state index contributed by atoms with van der Waals surface area (Å²) in [6.45, 7) is 2.85. The monoisotopic (exact) mass is 287 g/mol. The Labute approximate surface area is 126 Å². The zero-order valence-electron chi connectivity index (χ0n) is 12.6. The summed E-state index contributed by atoms with van der Waals surface area (Å²) in [5.74, 6) is 0.110. The third-order valence-corrected chi connectivity index (χ3v) is 4.77. The fraction of sp³-hybridized carbons (Fsp3) is 0.588. The van der Waals surface area contributed by atoms with Crippen LogP contribution in [0.2, 0.25) is 0 Å². The summed E-state index contributed by atoms with van der Waals surface area (Å²) in [7, 11) is 0. The number of nitrogens with zero attached hydrogens (tertiary/aromatic N) is 1. The number of fused-ring (bicyclic) bond motifs is 1. The summed E-state index contributed by atoms with van der Waals surface area (Å²) in [5.41, 5.74) is 8.68. The molecule has 1 heterocycles. The van der Waals surface area contributed by atoms with E-state index in [1.165, 1.54) is 11.3 Å². The van der Waals surface area contributed by atoms with Gasteiger partial charge in [-0.05, 0) is 43.7 Å². The van der Waals surface area contributed by atoms with Gasteiger partial charge in [-0.25, -0.2) is 0 Å². The van der Waals surface area contributed by atoms with Gasteiger partial charge in [0.05, 0.1) is 0 Å². The predicted octanol–water partition coefficient (Wildman–Crippen LogP) is 1.83. The van der Waals surface area contributed by atoms with Crippen LogP contribution in [0.5, 0.6) is 0 Å². The molecule has 21 heavy (non-hydrogen) atoms. The van der Waals surface area contributed by atoms with Crippen LogP contribution in [0.1, 0.15) is 37.7 Å². The van der Waals surface area contributed by atoms with Crippen molar-refractivity contribution in [2.24, 2.45) is 5.73 Å². The lowest BCUT2D eigenvalue weighted by Crippen LogP contribution is -2.50. The Hall–Kier alpha value is -1.55. The Kier molecular flexibility index (Phi) is 4.15. The van der Waals surface area contributed by atoms with Crippen molar-refractivity contribution in [3.8, 4) is 0 Å². The molecule has 1 aliphatic heterocycles. The quantitative estimate of drug-likeness (QED) is 0.785. The van der Waals surface area contributed by atoms with Gasteiger partial charge in [0.25, 0.3) is 0 Å². The van der Waals surface area contributed by atoms with Crippen LogP contribution in [0, 0.1) is 0 Å². The highest BCUT2D eigenvalue weighted by molar-refractivity contribution is 5.77. The number of hydrogen-bond acceptors (Lipinski definition) is 3. The maximum atomic E-state index is 11.8. The molecule has 0 saturated heterocycles. The van der Waals surface area contributed by atoms with Crippen molar-refractivity contribution in [2.75, 3.05) is 24.5 Å². The molecule has 0 spiro atoms. The van der Waals surface area contributed by atoms with E-state index in [9.17, 15) is 4.79 Å². The first-order valence-electron chi connectivity index (χ1n) is 8.05. The van der Waals surface area contributed by atoms with E-state index in [1.54, 1.807) is 0 Å². The van der Waals surface area contributed by atoms with Crippen LogP contribution in [0.25, 0.3) is 0 Å². The van der Waals surface area contributed by atoms with Crippen molar-refractivity contribution in [3.05, 3.63) is 29.8 Å². The van der Waals surface area contributed by atoms with Gasteiger partial charge >= 0.3 is 0 Å². The molecule has 3 rings (SSSR count). The van der Waals surface area contributed by atoms with Crippen LogP contribution in [0.15, 0.2) is 24.3 Å². The van der Waals surface area contributed by atoms with E-state index in [1.807, 2.05) is 0 Å². The second-order valence-corrected chi connectivity index (χ2v) is 6.46. The maximum absolute atomic E-state index is 11.8. The van der Waals surface area contributed by atoms with Gasteiger partial charge in [0.15, 0.2) is 0 Å². The van der Waals surface area contributed by atoms with Gasteiger partial charge in [-0.3, -0.25) is 4.79 Å². The van der Waals surface area contributed by atoms with Gasteiger partial charge < -0.3 is 16.0 Å². The van der Waals surface area contributed by atoms with Crippen LogP contribution in [-0.2, 0) is 11.2 Å². The molecular weight excluding hydrogens is 262 g/mol. The van der Waals surface area contributed by atoms with Gasteiger partial charge in [-0.15, -0.1) is 0 Å². The average molecular weight is 287 g/mol. The number of carbonyl (C=O) groups excluding carboxylic acids is 1. The van der Waals surface area contributed by atoms with Gasteiger partial charge in [-0.1, -0.05) is 18.2 Å². The molecular formula is C17H25N3O. The lowest BCUT2D eigenvalue weighted by molar-refractivity contribution is -0.122. The van der Waals surface area contributed by atoms with Crippen LogP contribution >= 0.6 is 0 Å². The molecule has 1 saturated carbocycles. The summed E-state index contributed by atoms with van der Waals surface area (Å²) >= 11 is 0. The highest BCUT2D eigenvalue weighted by atomic mass is 16.1. The number of benzene rings is 1. The molecule has 1 aliphatic carbocycles. The molecule has 114 valence electrons. The summed E-state index contributed by atoms with van der Waals surface area (Å²) in [4.78, 5) is 14.3. The lowest BCUT2D eigenvalue weighted by atomic mass is 9.75. The Bertz CT molecular complexity index is 511. The molecule has 1 amide bonds. The van der Waals surface area contributed by atoms with Gasteiger partial charge in [-0.2, -0.15) is 0 Å². The number of carbonyl (C=O) groups is 1. The molecule has 1 aromatic carbocycles. The van der Waals surface area contributed by atoms with Gasteiger partial charge in [0.1, 0.15) is 0 Å². The second-order valence-electron chi connectivity index (χ2n) is 6.46. The minimum absolute atomic E-state index is 0.110.